The molecule has 1 aliphatic carbocycles. The average molecular weight is 618 g/mol. The highest BCUT2D eigenvalue weighted by Crippen LogP contribution is 2.40. The van der Waals surface area contributed by atoms with Crippen LogP contribution in [0.4, 0.5) is 18.4 Å². The van der Waals surface area contributed by atoms with Crippen LogP contribution in [-0.4, -0.2) is 62.6 Å². The van der Waals surface area contributed by atoms with Crippen LogP contribution in [0.1, 0.15) is 102 Å². The van der Waals surface area contributed by atoms with E-state index >= 15 is 4.39 Å². The summed E-state index contributed by atoms with van der Waals surface area (Å²) in [6.45, 7) is 12.3. The Labute approximate surface area is 255 Å². The lowest BCUT2D eigenvalue weighted by atomic mass is 10.0. The van der Waals surface area contributed by atoms with Crippen LogP contribution in [-0.2, 0) is 15.9 Å². The first kappa shape index (κ1) is 32.9. The van der Waals surface area contributed by atoms with Crippen LogP contribution in [0, 0.1) is 11.6 Å². The second-order valence-corrected chi connectivity index (χ2v) is 13.4. The van der Waals surface area contributed by atoms with E-state index in [1.165, 1.54) is 11.0 Å². The van der Waals surface area contributed by atoms with Gasteiger partial charge < -0.3 is 29.4 Å². The van der Waals surface area contributed by atoms with Gasteiger partial charge in [-0.25, -0.2) is 23.2 Å². The van der Waals surface area contributed by atoms with Gasteiger partial charge in [-0.1, -0.05) is 19.1 Å². The molecule has 2 amide bonds. The number of hydrogen-bond acceptors (Lipinski definition) is 6. The fraction of sp³-hybridized carbons (Fsp3) is 0.562. The lowest BCUT2D eigenvalue weighted by molar-refractivity contribution is 0.0220. The molecule has 1 saturated carbocycles. The van der Waals surface area contributed by atoms with Crippen LogP contribution in [0.25, 0.3) is 17.0 Å². The van der Waals surface area contributed by atoms with Crippen molar-refractivity contribution in [3.63, 3.8) is 0 Å². The van der Waals surface area contributed by atoms with Crippen molar-refractivity contribution in [2.45, 2.75) is 110 Å². The molecular formula is C32H41F2N3O7. The average Bonchev–Trinajstić information content (AvgIpc) is 3.64. The van der Waals surface area contributed by atoms with Crippen LogP contribution >= 0.6 is 0 Å². The summed E-state index contributed by atoms with van der Waals surface area (Å²) in [4.78, 5) is 52.4. The summed E-state index contributed by atoms with van der Waals surface area (Å²) in [6, 6.07) is -0.271. The zero-order valence-corrected chi connectivity index (χ0v) is 26.3. The molecule has 0 radical (unpaired) electrons. The number of aromatic nitrogens is 1. The number of benzene rings is 1. The molecule has 44 heavy (non-hydrogen) atoms. The highest BCUT2D eigenvalue weighted by atomic mass is 19.2. The van der Waals surface area contributed by atoms with Crippen molar-refractivity contribution in [1.29, 1.82) is 0 Å². The molecular weight excluding hydrogens is 576 g/mol. The summed E-state index contributed by atoms with van der Waals surface area (Å²) in [5.74, 6) is -3.84. The number of alkyl carbamates (subject to hydrolysis) is 1. The van der Waals surface area contributed by atoms with Gasteiger partial charge in [-0.3, -0.25) is 4.79 Å². The smallest absolute Gasteiger partial charge is 0.410 e. The molecule has 2 atom stereocenters. The van der Waals surface area contributed by atoms with E-state index in [9.17, 15) is 28.7 Å². The van der Waals surface area contributed by atoms with E-state index in [-0.39, 0.29) is 47.6 Å². The van der Waals surface area contributed by atoms with Gasteiger partial charge in [0.1, 0.15) is 16.8 Å². The normalized spacial score (nSPS) is 19.1. The number of aromatic carboxylic acids is 1. The van der Waals surface area contributed by atoms with Crippen LogP contribution in [0.15, 0.2) is 16.9 Å². The molecule has 1 aliphatic heterocycles. The first-order valence-corrected chi connectivity index (χ1v) is 14.9. The second kappa shape index (κ2) is 12.2. The van der Waals surface area contributed by atoms with Gasteiger partial charge in [0.2, 0.25) is 5.43 Å². The number of pyridine rings is 1. The summed E-state index contributed by atoms with van der Waals surface area (Å²) in [5, 5.41) is 12.4. The molecule has 2 heterocycles. The molecule has 1 aromatic carbocycles. The number of carbonyl (C=O) groups excluding carboxylic acids is 2. The first-order chi connectivity index (χ1) is 20.4. The molecule has 0 unspecified atom stereocenters. The first-order valence-electron chi connectivity index (χ1n) is 14.9. The molecule has 240 valence electrons. The van der Waals surface area contributed by atoms with Gasteiger partial charge in [0.25, 0.3) is 0 Å². The summed E-state index contributed by atoms with van der Waals surface area (Å²) in [5.41, 5.74) is -2.53. The number of rotatable bonds is 7. The molecule has 0 spiro atoms. The molecule has 1 saturated heterocycles. The zero-order valence-electron chi connectivity index (χ0n) is 26.3. The van der Waals surface area contributed by atoms with Gasteiger partial charge >= 0.3 is 18.2 Å². The third-order valence-electron chi connectivity index (χ3n) is 7.44. The van der Waals surface area contributed by atoms with Crippen LogP contribution in [0.2, 0.25) is 0 Å². The SMILES string of the molecule is CCc1c(C(=O)O)c(=O)c2cc(F)c(F)c(C=CC[C@H]3C[C@@H](NC(=O)OC(C)(C)C)CN3C(=O)OC(C)(C)C)c2n1C1CC1. The largest absolute Gasteiger partial charge is 0.477 e. The van der Waals surface area contributed by atoms with E-state index in [1.54, 1.807) is 59.1 Å². The second-order valence-electron chi connectivity index (χ2n) is 13.4. The van der Waals surface area contributed by atoms with Gasteiger partial charge in [0, 0.05) is 29.9 Å². The van der Waals surface area contributed by atoms with E-state index in [2.05, 4.69) is 5.32 Å². The third-order valence-corrected chi connectivity index (χ3v) is 7.44. The van der Waals surface area contributed by atoms with Crippen molar-refractivity contribution in [1.82, 2.24) is 14.8 Å². The summed E-state index contributed by atoms with van der Waals surface area (Å²) in [7, 11) is 0. The maximum absolute atomic E-state index is 15.5. The number of nitrogens with zero attached hydrogens (tertiary/aromatic N) is 2. The van der Waals surface area contributed by atoms with E-state index in [0.29, 0.717) is 19.3 Å². The Morgan fingerprint density at radius 1 is 1.09 bits per heavy atom. The van der Waals surface area contributed by atoms with Crippen molar-refractivity contribution in [2.24, 2.45) is 0 Å². The van der Waals surface area contributed by atoms with Crippen molar-refractivity contribution >= 4 is 35.1 Å². The number of carboxylic acid groups (broad SMARTS) is 1. The minimum absolute atomic E-state index is 0.139. The van der Waals surface area contributed by atoms with Crippen LogP contribution < -0.4 is 10.7 Å². The van der Waals surface area contributed by atoms with Crippen molar-refractivity contribution in [2.75, 3.05) is 6.54 Å². The van der Waals surface area contributed by atoms with E-state index in [4.69, 9.17) is 9.47 Å². The number of hydrogen-bond donors (Lipinski definition) is 2. The van der Waals surface area contributed by atoms with Gasteiger partial charge in [0.15, 0.2) is 11.6 Å². The Morgan fingerprint density at radius 3 is 2.27 bits per heavy atom. The minimum atomic E-state index is -1.41. The topological polar surface area (TPSA) is 127 Å². The summed E-state index contributed by atoms with van der Waals surface area (Å²) in [6.07, 6.45) is 3.95. The minimum Gasteiger partial charge on any atom is -0.477 e. The van der Waals surface area contributed by atoms with Gasteiger partial charge in [-0.15, -0.1) is 0 Å². The van der Waals surface area contributed by atoms with Gasteiger partial charge in [-0.05, 0) is 79.7 Å². The Morgan fingerprint density at radius 2 is 1.73 bits per heavy atom. The predicted molar refractivity (Wildman–Crippen MR) is 161 cm³/mol. The fourth-order valence-corrected chi connectivity index (χ4v) is 5.65. The number of fused-ring (bicyclic) bond motifs is 1. The van der Waals surface area contributed by atoms with Crippen molar-refractivity contribution < 1.29 is 37.7 Å². The molecule has 2 fully saturated rings. The van der Waals surface area contributed by atoms with Crippen LogP contribution in [0.3, 0.4) is 0 Å². The Kier molecular flexibility index (Phi) is 9.14. The lowest BCUT2D eigenvalue weighted by Crippen LogP contribution is -2.43. The quantitative estimate of drug-likeness (QED) is 0.380. The van der Waals surface area contributed by atoms with E-state index in [0.717, 1.165) is 6.07 Å². The third kappa shape index (κ3) is 7.22. The Bertz CT molecular complexity index is 1570. The molecule has 1 aromatic heterocycles. The number of ether oxygens (including phenoxy) is 2. The molecule has 2 N–H and O–H groups in total. The van der Waals surface area contributed by atoms with E-state index < -0.39 is 64.1 Å². The number of halogens is 2. The molecule has 2 aliphatic rings. The maximum atomic E-state index is 15.5. The number of likely N-dealkylation sites (tertiary alicyclic amines) is 1. The lowest BCUT2D eigenvalue weighted by Gasteiger charge is -2.28. The maximum Gasteiger partial charge on any atom is 0.410 e. The standard InChI is InChI=1S/C32H41F2N3O7/c1-8-23-24(28(39)40)27(38)21-15-22(33)25(34)20(26(21)37(23)18-12-13-18)11-9-10-19-14-17(35-29(41)43-31(2,3)4)16-36(19)30(42)44-32(5,6)7/h9,11,15,17-19H,8,10,12-14,16H2,1-7H3,(H,35,41)(H,39,40)/t17-,19+/m1/s1. The molecule has 4 rings (SSSR count). The fourth-order valence-electron chi connectivity index (χ4n) is 5.65. The molecule has 10 nitrogen and oxygen atoms in total. The highest BCUT2D eigenvalue weighted by molar-refractivity contribution is 5.97. The van der Waals surface area contributed by atoms with Crippen LogP contribution in [0.5, 0.6) is 0 Å². The number of carbonyl (C=O) groups is 3. The number of nitrogens with one attached hydrogen (secondary N) is 1. The zero-order chi connectivity index (χ0) is 32.7. The summed E-state index contributed by atoms with van der Waals surface area (Å²) < 4.78 is 42.9. The summed E-state index contributed by atoms with van der Waals surface area (Å²) >= 11 is 0. The molecule has 2 aromatic rings. The predicted octanol–water partition coefficient (Wildman–Crippen LogP) is 6.18. The Hall–Kier alpha value is -3.96. The Balaban J connectivity index is 1.71. The highest BCUT2D eigenvalue weighted by Gasteiger charge is 2.38. The monoisotopic (exact) mass is 617 g/mol. The van der Waals surface area contributed by atoms with E-state index in [1.807, 2.05) is 0 Å². The molecule has 12 heteroatoms. The van der Waals surface area contributed by atoms with Crippen molar-refractivity contribution in [3.05, 3.63) is 50.8 Å². The number of carboxylic acids is 1. The van der Waals surface area contributed by atoms with Gasteiger partial charge in [0.05, 0.1) is 16.9 Å². The van der Waals surface area contributed by atoms with Gasteiger partial charge in [-0.2, -0.15) is 0 Å². The molecule has 0 bridgehead atoms. The van der Waals surface area contributed by atoms with Crippen molar-refractivity contribution in [3.8, 4) is 0 Å². The number of amides is 2.